The first-order chi connectivity index (χ1) is 11.8. The molecule has 2 rings (SSSR count). The van der Waals surface area contributed by atoms with Gasteiger partial charge in [0.2, 0.25) is 11.8 Å². The van der Waals surface area contributed by atoms with Gasteiger partial charge in [0, 0.05) is 35.0 Å². The van der Waals surface area contributed by atoms with Gasteiger partial charge in [-0.3, -0.25) is 9.59 Å². The number of amides is 2. The van der Waals surface area contributed by atoms with E-state index in [2.05, 4.69) is 15.6 Å². The van der Waals surface area contributed by atoms with Gasteiger partial charge < -0.3 is 10.6 Å². The average molecular weight is 359 g/mol. The summed E-state index contributed by atoms with van der Waals surface area (Å²) in [5.41, 5.74) is 2.26. The molecule has 2 amide bonds. The van der Waals surface area contributed by atoms with Crippen LogP contribution in [0.25, 0.3) is 11.3 Å². The molecule has 0 radical (unpaired) electrons. The van der Waals surface area contributed by atoms with Gasteiger partial charge in [-0.05, 0) is 25.5 Å². The second-order valence-electron chi connectivity index (χ2n) is 6.99. The zero-order valence-corrected chi connectivity index (χ0v) is 16.0. The van der Waals surface area contributed by atoms with Crippen LogP contribution in [0.1, 0.15) is 38.6 Å². The maximum absolute atomic E-state index is 12.1. The number of aryl methyl sites for hydroxylation is 1. The molecule has 0 bridgehead atoms. The molecule has 0 unspecified atom stereocenters. The predicted octanol–water partition coefficient (Wildman–Crippen LogP) is 4.00. The van der Waals surface area contributed by atoms with Gasteiger partial charge in [0.05, 0.1) is 10.7 Å². The van der Waals surface area contributed by atoms with Gasteiger partial charge in [-0.15, -0.1) is 11.3 Å². The second-order valence-corrected chi connectivity index (χ2v) is 8.05. The van der Waals surface area contributed by atoms with Gasteiger partial charge in [-0.25, -0.2) is 4.98 Å². The van der Waals surface area contributed by atoms with E-state index < -0.39 is 5.41 Å². The number of carbonyl (C=O) groups is 2. The number of anilines is 1. The topological polar surface area (TPSA) is 71.1 Å². The zero-order chi connectivity index (χ0) is 18.4. The van der Waals surface area contributed by atoms with E-state index in [1.807, 2.05) is 57.3 Å². The lowest BCUT2D eigenvalue weighted by atomic mass is 9.96. The average Bonchev–Trinajstić information content (AvgIpc) is 2.97. The molecule has 0 atom stereocenters. The van der Waals surface area contributed by atoms with Gasteiger partial charge in [-0.1, -0.05) is 32.9 Å². The van der Waals surface area contributed by atoms with Crippen LogP contribution in [0.15, 0.2) is 29.6 Å². The fourth-order valence-corrected chi connectivity index (χ4v) is 2.81. The summed E-state index contributed by atoms with van der Waals surface area (Å²) in [5.74, 6) is -0.0595. The van der Waals surface area contributed by atoms with Crippen molar-refractivity contribution in [1.82, 2.24) is 10.3 Å². The summed E-state index contributed by atoms with van der Waals surface area (Å²) >= 11 is 1.60. The van der Waals surface area contributed by atoms with Crippen molar-refractivity contribution in [1.29, 1.82) is 0 Å². The van der Waals surface area contributed by atoms with Crippen molar-refractivity contribution in [3.63, 3.8) is 0 Å². The number of aromatic nitrogens is 1. The highest BCUT2D eigenvalue weighted by atomic mass is 32.1. The Kier molecular flexibility index (Phi) is 6.31. The monoisotopic (exact) mass is 359 g/mol. The molecule has 0 saturated carbocycles. The first-order valence-electron chi connectivity index (χ1n) is 8.36. The summed E-state index contributed by atoms with van der Waals surface area (Å²) in [4.78, 5) is 28.3. The first kappa shape index (κ1) is 19.1. The fraction of sp³-hybridized carbons (Fsp3) is 0.421. The van der Waals surface area contributed by atoms with Crippen molar-refractivity contribution >= 4 is 28.8 Å². The van der Waals surface area contributed by atoms with Gasteiger partial charge in [-0.2, -0.15) is 0 Å². The lowest BCUT2D eigenvalue weighted by Crippen LogP contribution is -2.35. The predicted molar refractivity (Wildman–Crippen MR) is 103 cm³/mol. The zero-order valence-electron chi connectivity index (χ0n) is 15.2. The summed E-state index contributed by atoms with van der Waals surface area (Å²) in [5, 5.41) is 8.77. The van der Waals surface area contributed by atoms with Crippen molar-refractivity contribution in [2.24, 2.45) is 5.41 Å². The van der Waals surface area contributed by atoms with E-state index in [0.717, 1.165) is 22.0 Å². The van der Waals surface area contributed by atoms with Crippen molar-refractivity contribution in [2.45, 2.75) is 40.5 Å². The molecule has 2 aromatic rings. The Labute approximate surface area is 152 Å². The number of thiazole rings is 1. The molecule has 1 aromatic carbocycles. The highest BCUT2D eigenvalue weighted by Gasteiger charge is 2.20. The van der Waals surface area contributed by atoms with Crippen molar-refractivity contribution < 1.29 is 9.59 Å². The maximum Gasteiger partial charge on any atom is 0.225 e. The smallest absolute Gasteiger partial charge is 0.225 e. The van der Waals surface area contributed by atoms with E-state index in [4.69, 9.17) is 0 Å². The van der Waals surface area contributed by atoms with E-state index in [1.165, 1.54) is 0 Å². The van der Waals surface area contributed by atoms with Crippen LogP contribution in [-0.4, -0.2) is 23.3 Å². The molecule has 2 N–H and O–H groups in total. The quantitative estimate of drug-likeness (QED) is 0.766. The van der Waals surface area contributed by atoms with E-state index in [-0.39, 0.29) is 11.8 Å². The fourth-order valence-electron chi connectivity index (χ4n) is 2.19. The Hall–Kier alpha value is -2.21. The third-order valence-electron chi connectivity index (χ3n) is 3.61. The number of rotatable bonds is 6. The molecule has 1 heterocycles. The van der Waals surface area contributed by atoms with Crippen molar-refractivity contribution in [2.75, 3.05) is 11.9 Å². The molecule has 0 aliphatic carbocycles. The highest BCUT2D eigenvalue weighted by molar-refractivity contribution is 7.09. The van der Waals surface area contributed by atoms with Gasteiger partial charge in [0.15, 0.2) is 0 Å². The van der Waals surface area contributed by atoms with Crippen LogP contribution >= 0.6 is 11.3 Å². The van der Waals surface area contributed by atoms with Crippen LogP contribution in [0.2, 0.25) is 0 Å². The Morgan fingerprint density at radius 2 is 2.00 bits per heavy atom. The minimum Gasteiger partial charge on any atom is -0.356 e. The molecule has 1 aromatic heterocycles. The van der Waals surface area contributed by atoms with Crippen LogP contribution in [-0.2, 0) is 9.59 Å². The lowest BCUT2D eigenvalue weighted by Gasteiger charge is -2.17. The number of benzene rings is 1. The highest BCUT2D eigenvalue weighted by Crippen LogP contribution is 2.24. The number of hydrogen-bond acceptors (Lipinski definition) is 4. The van der Waals surface area contributed by atoms with E-state index in [1.54, 1.807) is 11.3 Å². The molecular formula is C19H25N3O2S. The largest absolute Gasteiger partial charge is 0.356 e. The van der Waals surface area contributed by atoms with Gasteiger partial charge in [0.1, 0.15) is 0 Å². The third kappa shape index (κ3) is 5.98. The van der Waals surface area contributed by atoms with Crippen LogP contribution in [0.5, 0.6) is 0 Å². The minimum atomic E-state index is -0.406. The molecule has 25 heavy (non-hydrogen) atoms. The Morgan fingerprint density at radius 3 is 2.64 bits per heavy atom. The summed E-state index contributed by atoms with van der Waals surface area (Å²) in [6.07, 6.45) is 0.975. The van der Waals surface area contributed by atoms with E-state index in [9.17, 15) is 9.59 Å². The Balaban J connectivity index is 1.82. The summed E-state index contributed by atoms with van der Waals surface area (Å²) < 4.78 is 0. The molecule has 5 nitrogen and oxygen atoms in total. The van der Waals surface area contributed by atoms with Crippen molar-refractivity contribution in [3.05, 3.63) is 34.7 Å². The molecular weight excluding hydrogens is 334 g/mol. The van der Waals surface area contributed by atoms with E-state index in [0.29, 0.717) is 19.4 Å². The number of carbonyl (C=O) groups excluding carboxylic acids is 2. The number of nitrogens with zero attached hydrogens (tertiary/aromatic N) is 1. The SMILES string of the molecule is Cc1nc(-c2cccc(NC(=O)CCCNC(=O)C(C)(C)C)c2)cs1. The van der Waals surface area contributed by atoms with Crippen LogP contribution < -0.4 is 10.6 Å². The third-order valence-corrected chi connectivity index (χ3v) is 4.38. The Bertz CT molecular complexity index is 747. The first-order valence-corrected chi connectivity index (χ1v) is 9.24. The van der Waals surface area contributed by atoms with Crippen LogP contribution in [0.3, 0.4) is 0 Å². The normalized spacial score (nSPS) is 11.2. The molecule has 6 heteroatoms. The van der Waals surface area contributed by atoms with Gasteiger partial charge in [0.25, 0.3) is 0 Å². The molecule has 0 aliphatic heterocycles. The summed E-state index contributed by atoms with van der Waals surface area (Å²) in [6, 6.07) is 7.67. The van der Waals surface area contributed by atoms with E-state index >= 15 is 0 Å². The molecule has 0 fully saturated rings. The molecule has 0 saturated heterocycles. The number of hydrogen-bond donors (Lipinski definition) is 2. The van der Waals surface area contributed by atoms with Crippen LogP contribution in [0.4, 0.5) is 5.69 Å². The minimum absolute atomic E-state index is 0.000772. The van der Waals surface area contributed by atoms with Crippen molar-refractivity contribution in [3.8, 4) is 11.3 Å². The summed E-state index contributed by atoms with van der Waals surface area (Å²) in [6.45, 7) is 8.07. The molecule has 0 aliphatic rings. The Morgan fingerprint density at radius 1 is 1.24 bits per heavy atom. The molecule has 134 valence electrons. The van der Waals surface area contributed by atoms with Gasteiger partial charge >= 0.3 is 0 Å². The van der Waals surface area contributed by atoms with Crippen LogP contribution in [0, 0.1) is 12.3 Å². The second kappa shape index (κ2) is 8.25. The summed E-state index contributed by atoms with van der Waals surface area (Å²) in [7, 11) is 0. The number of nitrogens with one attached hydrogen (secondary N) is 2. The molecule has 0 spiro atoms. The lowest BCUT2D eigenvalue weighted by molar-refractivity contribution is -0.128. The maximum atomic E-state index is 12.1. The standard InChI is InChI=1S/C19H25N3O2S/c1-13-21-16(12-25-13)14-7-5-8-15(11-14)22-17(23)9-6-10-20-18(24)19(2,3)4/h5,7-8,11-12H,6,9-10H2,1-4H3,(H,20,24)(H,22,23).